The predicted octanol–water partition coefficient (Wildman–Crippen LogP) is 2.63. The van der Waals surface area contributed by atoms with Crippen molar-refractivity contribution in [2.75, 3.05) is 0 Å². The van der Waals surface area contributed by atoms with Gasteiger partial charge in [-0.15, -0.1) is 0 Å². The molecule has 0 heterocycles. The van der Waals surface area contributed by atoms with Gasteiger partial charge >= 0.3 is 0 Å². The lowest BCUT2D eigenvalue weighted by Crippen LogP contribution is -2.25. The first-order valence-electron chi connectivity index (χ1n) is 4.65. The summed E-state index contributed by atoms with van der Waals surface area (Å²) in [6, 6.07) is 5.02. The van der Waals surface area contributed by atoms with Crippen molar-refractivity contribution in [3.8, 4) is 5.75 Å². The molecule has 2 nitrogen and oxygen atoms in total. The number of benzene rings is 1. The number of nitrogens with two attached hydrogens (primary N) is 1. The third-order valence-electron chi connectivity index (χ3n) is 3.24. The van der Waals surface area contributed by atoms with Gasteiger partial charge in [-0.2, -0.15) is 0 Å². The van der Waals surface area contributed by atoms with Crippen LogP contribution in [0.5, 0.6) is 5.75 Å². The van der Waals surface area contributed by atoms with Crippen LogP contribution in [0.3, 0.4) is 0 Å². The maximum atomic E-state index is 9.70. The van der Waals surface area contributed by atoms with Crippen molar-refractivity contribution in [1.82, 2.24) is 0 Å². The Balaban J connectivity index is 2.48. The van der Waals surface area contributed by atoms with Gasteiger partial charge in [-0.05, 0) is 30.0 Å². The summed E-state index contributed by atoms with van der Waals surface area (Å²) in [4.78, 5) is 0. The monoisotopic (exact) mass is 211 g/mol. The number of hydrogen-bond acceptors (Lipinski definition) is 2. The molecule has 0 aliphatic heterocycles. The maximum absolute atomic E-state index is 9.70. The third kappa shape index (κ3) is 1.22. The Morgan fingerprint density at radius 1 is 1.43 bits per heavy atom. The summed E-state index contributed by atoms with van der Waals surface area (Å²) in [7, 11) is 0. The Hall–Kier alpha value is -0.730. The molecule has 1 aliphatic rings. The average molecular weight is 212 g/mol. The van der Waals surface area contributed by atoms with Crippen LogP contribution >= 0.6 is 11.6 Å². The number of phenols is 1. The summed E-state index contributed by atoms with van der Waals surface area (Å²) in [5.41, 5.74) is 6.59. The van der Waals surface area contributed by atoms with Gasteiger partial charge in [-0.1, -0.05) is 25.4 Å². The van der Waals surface area contributed by atoms with E-state index in [-0.39, 0.29) is 11.2 Å². The normalized spacial score (nSPS) is 28.9. The van der Waals surface area contributed by atoms with E-state index in [2.05, 4.69) is 13.8 Å². The average Bonchev–Trinajstić information content (AvgIpc) is 2.58. The zero-order valence-corrected chi connectivity index (χ0v) is 9.10. The summed E-state index contributed by atoms with van der Waals surface area (Å²) < 4.78 is 0. The quantitative estimate of drug-likeness (QED) is 0.750. The van der Waals surface area contributed by atoms with E-state index < -0.39 is 5.54 Å². The van der Waals surface area contributed by atoms with Crippen LogP contribution in [0.1, 0.15) is 25.8 Å². The molecule has 0 amide bonds. The molecular weight excluding hydrogens is 198 g/mol. The van der Waals surface area contributed by atoms with E-state index in [9.17, 15) is 5.11 Å². The number of phenolic OH excluding ortho intramolecular Hbond substituents is 1. The lowest BCUT2D eigenvalue weighted by Gasteiger charge is -2.17. The molecule has 0 saturated heterocycles. The van der Waals surface area contributed by atoms with Gasteiger partial charge in [0, 0.05) is 10.6 Å². The van der Waals surface area contributed by atoms with E-state index >= 15 is 0 Å². The van der Waals surface area contributed by atoms with Gasteiger partial charge in [-0.25, -0.2) is 0 Å². The van der Waals surface area contributed by atoms with Crippen LogP contribution in [0.4, 0.5) is 0 Å². The molecule has 0 bridgehead atoms. The van der Waals surface area contributed by atoms with Crippen molar-refractivity contribution < 1.29 is 5.11 Å². The van der Waals surface area contributed by atoms with Crippen molar-refractivity contribution in [3.05, 3.63) is 28.8 Å². The van der Waals surface area contributed by atoms with E-state index in [1.54, 1.807) is 18.2 Å². The molecule has 1 aliphatic carbocycles. The summed E-state index contributed by atoms with van der Waals surface area (Å²) in [5, 5.41) is 10.3. The fourth-order valence-corrected chi connectivity index (χ4v) is 2.15. The van der Waals surface area contributed by atoms with Crippen LogP contribution < -0.4 is 5.73 Å². The predicted molar refractivity (Wildman–Crippen MR) is 57.4 cm³/mol. The molecule has 0 spiro atoms. The van der Waals surface area contributed by atoms with Crippen LogP contribution in [-0.2, 0) is 5.54 Å². The Kier molecular flexibility index (Phi) is 1.85. The minimum Gasteiger partial charge on any atom is -0.508 e. The summed E-state index contributed by atoms with van der Waals surface area (Å²) in [5.74, 6) is 0.238. The van der Waals surface area contributed by atoms with E-state index in [0.717, 1.165) is 12.0 Å². The lowest BCUT2D eigenvalue weighted by molar-refractivity contribution is 0.439. The Labute approximate surface area is 88.7 Å². The highest BCUT2D eigenvalue weighted by molar-refractivity contribution is 6.30. The highest BCUT2D eigenvalue weighted by atomic mass is 35.5. The van der Waals surface area contributed by atoms with Crippen LogP contribution in [0.25, 0.3) is 0 Å². The topological polar surface area (TPSA) is 46.2 Å². The molecule has 1 atom stereocenters. The van der Waals surface area contributed by atoms with Crippen LogP contribution in [-0.4, -0.2) is 5.11 Å². The van der Waals surface area contributed by atoms with Crippen molar-refractivity contribution in [1.29, 1.82) is 0 Å². The minimum atomic E-state index is -0.415. The highest BCUT2D eigenvalue weighted by Gasteiger charge is 2.60. The molecule has 3 heteroatoms. The lowest BCUT2D eigenvalue weighted by atomic mass is 9.96. The number of hydrogen-bond donors (Lipinski definition) is 2. The molecule has 76 valence electrons. The molecule has 1 fully saturated rings. The standard InChI is InChI=1S/C11H14ClNO/c1-10(2)6-11(10,13)8-5-7(12)3-4-9(8)14/h3-5,14H,6,13H2,1-2H3. The second kappa shape index (κ2) is 2.65. The fraction of sp³-hybridized carbons (Fsp3) is 0.455. The van der Waals surface area contributed by atoms with Gasteiger partial charge < -0.3 is 10.8 Å². The Morgan fingerprint density at radius 3 is 2.50 bits per heavy atom. The highest BCUT2D eigenvalue weighted by Crippen LogP contribution is 2.62. The van der Waals surface area contributed by atoms with Crippen molar-refractivity contribution in [2.24, 2.45) is 11.1 Å². The van der Waals surface area contributed by atoms with Crippen LogP contribution in [0.2, 0.25) is 5.02 Å². The molecule has 1 aromatic rings. The molecular formula is C11H14ClNO. The Bertz CT molecular complexity index is 389. The summed E-state index contributed by atoms with van der Waals surface area (Å²) in [6.45, 7) is 4.18. The third-order valence-corrected chi connectivity index (χ3v) is 3.48. The largest absolute Gasteiger partial charge is 0.508 e. The zero-order chi connectivity index (χ0) is 10.6. The Morgan fingerprint density at radius 2 is 2.00 bits per heavy atom. The molecule has 1 unspecified atom stereocenters. The molecule has 2 rings (SSSR count). The van der Waals surface area contributed by atoms with Gasteiger partial charge in [0.05, 0.1) is 5.54 Å². The zero-order valence-electron chi connectivity index (χ0n) is 8.34. The van der Waals surface area contributed by atoms with E-state index in [0.29, 0.717) is 5.02 Å². The van der Waals surface area contributed by atoms with Gasteiger partial charge in [0.1, 0.15) is 5.75 Å². The van der Waals surface area contributed by atoms with Crippen molar-refractivity contribution in [2.45, 2.75) is 25.8 Å². The van der Waals surface area contributed by atoms with Crippen LogP contribution in [0.15, 0.2) is 18.2 Å². The van der Waals surface area contributed by atoms with Gasteiger partial charge in [-0.3, -0.25) is 0 Å². The van der Waals surface area contributed by atoms with E-state index in [4.69, 9.17) is 17.3 Å². The first-order chi connectivity index (χ1) is 6.37. The number of rotatable bonds is 1. The smallest absolute Gasteiger partial charge is 0.120 e. The molecule has 3 N–H and O–H groups in total. The SMILES string of the molecule is CC1(C)CC1(N)c1cc(Cl)ccc1O. The molecule has 0 radical (unpaired) electrons. The van der Waals surface area contributed by atoms with Gasteiger partial charge in [0.2, 0.25) is 0 Å². The summed E-state index contributed by atoms with van der Waals surface area (Å²) in [6.07, 6.45) is 0.883. The second-order valence-corrected chi connectivity index (χ2v) is 5.13. The molecule has 1 saturated carbocycles. The van der Waals surface area contributed by atoms with Gasteiger partial charge in [0.25, 0.3) is 0 Å². The van der Waals surface area contributed by atoms with E-state index in [1.165, 1.54) is 0 Å². The van der Waals surface area contributed by atoms with Crippen molar-refractivity contribution in [3.63, 3.8) is 0 Å². The number of aromatic hydroxyl groups is 1. The minimum absolute atomic E-state index is 0.0508. The second-order valence-electron chi connectivity index (χ2n) is 4.69. The fourth-order valence-electron chi connectivity index (χ4n) is 1.98. The maximum Gasteiger partial charge on any atom is 0.120 e. The first kappa shape index (κ1) is 9.81. The first-order valence-corrected chi connectivity index (χ1v) is 5.02. The number of halogens is 1. The van der Waals surface area contributed by atoms with Crippen LogP contribution in [0, 0.1) is 5.41 Å². The van der Waals surface area contributed by atoms with E-state index in [1.807, 2.05) is 0 Å². The molecule has 1 aromatic carbocycles. The van der Waals surface area contributed by atoms with Gasteiger partial charge in [0.15, 0.2) is 0 Å². The molecule has 14 heavy (non-hydrogen) atoms. The molecule has 0 aromatic heterocycles. The summed E-state index contributed by atoms with van der Waals surface area (Å²) >= 11 is 5.88. The van der Waals surface area contributed by atoms with Crippen molar-refractivity contribution >= 4 is 11.6 Å².